The van der Waals surface area contributed by atoms with Gasteiger partial charge in [0.1, 0.15) is 5.75 Å². The first kappa shape index (κ1) is 19.2. The van der Waals surface area contributed by atoms with Gasteiger partial charge in [-0.2, -0.15) is 0 Å². The van der Waals surface area contributed by atoms with Crippen LogP contribution in [0.15, 0.2) is 48.5 Å². The summed E-state index contributed by atoms with van der Waals surface area (Å²) in [5.41, 5.74) is 1.46. The number of carbonyl (C=O) groups is 2. The first-order chi connectivity index (χ1) is 13.1. The average molecular weight is 387 g/mol. The van der Waals surface area contributed by atoms with Crippen molar-refractivity contribution >= 4 is 23.4 Å². The van der Waals surface area contributed by atoms with E-state index < -0.39 is 0 Å². The molecule has 2 aromatic carbocycles. The second-order valence-electron chi connectivity index (χ2n) is 6.41. The number of rotatable bonds is 5. The highest BCUT2D eigenvalue weighted by Crippen LogP contribution is 2.18. The molecule has 6 heteroatoms. The predicted molar refractivity (Wildman–Crippen MR) is 105 cm³/mol. The number of hydrogen-bond acceptors (Lipinski definition) is 3. The molecule has 5 nitrogen and oxygen atoms in total. The smallest absolute Gasteiger partial charge is 0.255 e. The van der Waals surface area contributed by atoms with Crippen LogP contribution in [0.4, 0.5) is 0 Å². The van der Waals surface area contributed by atoms with E-state index in [-0.39, 0.29) is 11.8 Å². The summed E-state index contributed by atoms with van der Waals surface area (Å²) >= 11 is 6.12. The lowest BCUT2D eigenvalue weighted by atomic mass is 10.1. The van der Waals surface area contributed by atoms with Gasteiger partial charge in [-0.15, -0.1) is 0 Å². The molecule has 0 radical (unpaired) electrons. The Hall–Kier alpha value is -2.53. The Bertz CT molecular complexity index is 799. The van der Waals surface area contributed by atoms with Crippen molar-refractivity contribution in [1.82, 2.24) is 9.80 Å². The maximum Gasteiger partial charge on any atom is 0.255 e. The standard InChI is InChI=1S/C21H23ClN2O3/c1-2-27-17-9-7-16(8-10-17)15-20(25)23-11-13-24(14-12-23)21(26)18-5-3-4-6-19(18)22/h3-10H,2,11-15H2,1H3. The number of nitrogens with zero attached hydrogens (tertiary/aromatic N) is 2. The van der Waals surface area contributed by atoms with Gasteiger partial charge in [0.25, 0.3) is 5.91 Å². The van der Waals surface area contributed by atoms with Crippen molar-refractivity contribution in [2.24, 2.45) is 0 Å². The molecular weight excluding hydrogens is 364 g/mol. The van der Waals surface area contributed by atoms with Gasteiger partial charge in [0.15, 0.2) is 0 Å². The normalized spacial score (nSPS) is 14.1. The predicted octanol–water partition coefficient (Wildman–Crippen LogP) is 3.27. The van der Waals surface area contributed by atoms with E-state index in [0.717, 1.165) is 11.3 Å². The summed E-state index contributed by atoms with van der Waals surface area (Å²) < 4.78 is 5.42. The fraction of sp³-hybridized carbons (Fsp3) is 0.333. The van der Waals surface area contributed by atoms with Crippen LogP contribution in [0, 0.1) is 0 Å². The highest BCUT2D eigenvalue weighted by atomic mass is 35.5. The monoisotopic (exact) mass is 386 g/mol. The Morgan fingerprint density at radius 3 is 2.22 bits per heavy atom. The van der Waals surface area contributed by atoms with Crippen molar-refractivity contribution in [2.45, 2.75) is 13.3 Å². The third-order valence-corrected chi connectivity index (χ3v) is 4.94. The minimum absolute atomic E-state index is 0.0732. The second-order valence-corrected chi connectivity index (χ2v) is 6.81. The summed E-state index contributed by atoms with van der Waals surface area (Å²) in [6, 6.07) is 14.6. The Kier molecular flexibility index (Phi) is 6.35. The molecule has 0 aromatic heterocycles. The molecule has 0 bridgehead atoms. The Labute approximate surface area is 164 Å². The molecular formula is C21H23ClN2O3. The molecule has 142 valence electrons. The van der Waals surface area contributed by atoms with Crippen LogP contribution in [0.5, 0.6) is 5.75 Å². The number of piperazine rings is 1. The molecule has 0 N–H and O–H groups in total. The molecule has 1 fully saturated rings. The highest BCUT2D eigenvalue weighted by Gasteiger charge is 2.25. The van der Waals surface area contributed by atoms with Gasteiger partial charge < -0.3 is 14.5 Å². The van der Waals surface area contributed by atoms with Gasteiger partial charge in [-0.05, 0) is 36.8 Å². The minimum Gasteiger partial charge on any atom is -0.494 e. The second kappa shape index (κ2) is 8.91. The van der Waals surface area contributed by atoms with Crippen molar-refractivity contribution in [3.8, 4) is 5.75 Å². The lowest BCUT2D eigenvalue weighted by Gasteiger charge is -2.35. The van der Waals surface area contributed by atoms with Crippen LogP contribution in [0.25, 0.3) is 0 Å². The molecule has 1 saturated heterocycles. The lowest BCUT2D eigenvalue weighted by Crippen LogP contribution is -2.51. The van der Waals surface area contributed by atoms with Crippen molar-refractivity contribution in [2.75, 3.05) is 32.8 Å². The molecule has 2 amide bonds. The zero-order valence-corrected chi connectivity index (χ0v) is 16.1. The summed E-state index contributed by atoms with van der Waals surface area (Å²) in [6.07, 6.45) is 0.352. The Balaban J connectivity index is 1.53. The third kappa shape index (κ3) is 4.80. The molecule has 1 aliphatic heterocycles. The van der Waals surface area contributed by atoms with Crippen LogP contribution < -0.4 is 4.74 Å². The van der Waals surface area contributed by atoms with E-state index in [2.05, 4.69) is 0 Å². The summed E-state index contributed by atoms with van der Waals surface area (Å²) in [6.45, 7) is 4.65. The quantitative estimate of drug-likeness (QED) is 0.792. The largest absolute Gasteiger partial charge is 0.494 e. The van der Waals surface area contributed by atoms with Crippen molar-refractivity contribution in [3.63, 3.8) is 0 Å². The van der Waals surface area contributed by atoms with Gasteiger partial charge in [0.2, 0.25) is 5.91 Å². The van der Waals surface area contributed by atoms with Crippen molar-refractivity contribution < 1.29 is 14.3 Å². The lowest BCUT2D eigenvalue weighted by molar-refractivity contribution is -0.131. The number of benzene rings is 2. The molecule has 0 aliphatic carbocycles. The first-order valence-corrected chi connectivity index (χ1v) is 9.49. The maximum absolute atomic E-state index is 12.6. The van der Waals surface area contributed by atoms with Crippen molar-refractivity contribution in [3.05, 3.63) is 64.7 Å². The third-order valence-electron chi connectivity index (χ3n) is 4.61. The summed E-state index contributed by atoms with van der Waals surface area (Å²) in [7, 11) is 0. The van der Waals surface area contributed by atoms with Crippen LogP contribution in [0.3, 0.4) is 0 Å². The van der Waals surface area contributed by atoms with Gasteiger partial charge in [0.05, 0.1) is 23.6 Å². The topological polar surface area (TPSA) is 49.9 Å². The summed E-state index contributed by atoms with van der Waals surface area (Å²) in [5.74, 6) is 0.795. The van der Waals surface area contributed by atoms with E-state index in [1.165, 1.54) is 0 Å². The average Bonchev–Trinajstić information content (AvgIpc) is 2.70. The van der Waals surface area contributed by atoms with Crippen LogP contribution in [-0.4, -0.2) is 54.4 Å². The summed E-state index contributed by atoms with van der Waals surface area (Å²) in [5, 5.41) is 0.455. The zero-order chi connectivity index (χ0) is 19.2. The molecule has 0 spiro atoms. The molecule has 0 unspecified atom stereocenters. The van der Waals surface area contributed by atoms with Gasteiger partial charge in [-0.3, -0.25) is 9.59 Å². The number of carbonyl (C=O) groups excluding carboxylic acids is 2. The van der Waals surface area contributed by atoms with Crippen LogP contribution in [0.2, 0.25) is 5.02 Å². The van der Waals surface area contributed by atoms with E-state index in [0.29, 0.717) is 49.8 Å². The van der Waals surface area contributed by atoms with E-state index in [4.69, 9.17) is 16.3 Å². The van der Waals surface area contributed by atoms with E-state index in [9.17, 15) is 9.59 Å². The van der Waals surface area contributed by atoms with Crippen LogP contribution >= 0.6 is 11.6 Å². The number of ether oxygens (including phenoxy) is 1. The molecule has 0 saturated carbocycles. The molecule has 3 rings (SSSR count). The number of amides is 2. The molecule has 1 heterocycles. The number of hydrogen-bond donors (Lipinski definition) is 0. The van der Waals surface area contributed by atoms with E-state index >= 15 is 0 Å². The molecule has 1 aliphatic rings. The van der Waals surface area contributed by atoms with Crippen molar-refractivity contribution in [1.29, 1.82) is 0 Å². The van der Waals surface area contributed by atoms with Crippen LogP contribution in [0.1, 0.15) is 22.8 Å². The molecule has 2 aromatic rings. The maximum atomic E-state index is 12.6. The summed E-state index contributed by atoms with van der Waals surface area (Å²) in [4.78, 5) is 28.7. The fourth-order valence-electron chi connectivity index (χ4n) is 3.12. The van der Waals surface area contributed by atoms with E-state index in [1.54, 1.807) is 29.2 Å². The highest BCUT2D eigenvalue weighted by molar-refractivity contribution is 6.33. The Morgan fingerprint density at radius 1 is 0.963 bits per heavy atom. The minimum atomic E-state index is -0.0841. The number of halogens is 1. The first-order valence-electron chi connectivity index (χ1n) is 9.12. The fourth-order valence-corrected chi connectivity index (χ4v) is 3.34. The molecule has 0 atom stereocenters. The van der Waals surface area contributed by atoms with Crippen LogP contribution in [-0.2, 0) is 11.2 Å². The van der Waals surface area contributed by atoms with Gasteiger partial charge in [0, 0.05) is 26.2 Å². The SMILES string of the molecule is CCOc1ccc(CC(=O)N2CCN(C(=O)c3ccccc3Cl)CC2)cc1. The van der Waals surface area contributed by atoms with Gasteiger partial charge in [-0.25, -0.2) is 0 Å². The van der Waals surface area contributed by atoms with Gasteiger partial charge in [-0.1, -0.05) is 35.9 Å². The van der Waals surface area contributed by atoms with Gasteiger partial charge >= 0.3 is 0 Å². The Morgan fingerprint density at radius 2 is 1.59 bits per heavy atom. The zero-order valence-electron chi connectivity index (χ0n) is 15.4. The van der Waals surface area contributed by atoms with E-state index in [1.807, 2.05) is 36.1 Å². The molecule has 27 heavy (non-hydrogen) atoms.